The summed E-state index contributed by atoms with van der Waals surface area (Å²) < 4.78 is 21.1. The van der Waals surface area contributed by atoms with Crippen molar-refractivity contribution in [3.05, 3.63) is 71.8 Å². The van der Waals surface area contributed by atoms with Crippen LogP contribution in [0.5, 0.6) is 17.2 Å². The van der Waals surface area contributed by atoms with E-state index in [0.29, 0.717) is 11.5 Å². The average molecular weight is 362 g/mol. The molecule has 5 nitrogen and oxygen atoms in total. The highest BCUT2D eigenvalue weighted by atomic mass is 16.7. The molecule has 3 aromatic rings. The molecule has 0 bridgehead atoms. The van der Waals surface area contributed by atoms with Crippen LogP contribution in [-0.4, -0.2) is 19.9 Å². The van der Waals surface area contributed by atoms with Gasteiger partial charge in [-0.25, -0.2) is 4.79 Å². The fourth-order valence-electron chi connectivity index (χ4n) is 2.87. The molecule has 0 spiro atoms. The summed E-state index contributed by atoms with van der Waals surface area (Å²) in [6.07, 6.45) is 3.17. The first kappa shape index (κ1) is 17.0. The van der Waals surface area contributed by atoms with Gasteiger partial charge >= 0.3 is 5.97 Å². The molecule has 0 radical (unpaired) electrons. The number of ether oxygens (including phenoxy) is 4. The van der Waals surface area contributed by atoms with Crippen molar-refractivity contribution in [2.24, 2.45) is 0 Å². The molecule has 3 aromatic carbocycles. The zero-order valence-corrected chi connectivity index (χ0v) is 14.8. The van der Waals surface area contributed by atoms with Crippen LogP contribution in [0.15, 0.2) is 60.7 Å². The molecule has 0 saturated heterocycles. The van der Waals surface area contributed by atoms with Crippen LogP contribution in [-0.2, 0) is 16.1 Å². The molecule has 0 N–H and O–H groups in total. The number of hydrogen-bond donors (Lipinski definition) is 0. The lowest BCUT2D eigenvalue weighted by atomic mass is 10.1. The summed E-state index contributed by atoms with van der Waals surface area (Å²) in [7, 11) is 1.65. The third-order valence-corrected chi connectivity index (χ3v) is 4.30. The molecular formula is C22H18O5. The van der Waals surface area contributed by atoms with Crippen molar-refractivity contribution in [3.8, 4) is 17.2 Å². The number of benzene rings is 3. The summed E-state index contributed by atoms with van der Waals surface area (Å²) in [5.41, 5.74) is 1.77. The maximum absolute atomic E-state index is 12.0. The molecule has 1 aliphatic heterocycles. The molecular weight excluding hydrogens is 344 g/mol. The summed E-state index contributed by atoms with van der Waals surface area (Å²) in [5.74, 6) is 1.80. The van der Waals surface area contributed by atoms with E-state index in [4.69, 9.17) is 18.9 Å². The Kier molecular flexibility index (Phi) is 4.66. The minimum Gasteiger partial charge on any atom is -0.497 e. The van der Waals surface area contributed by atoms with E-state index in [1.54, 1.807) is 13.2 Å². The number of rotatable bonds is 5. The largest absolute Gasteiger partial charge is 0.497 e. The number of carbonyl (C=O) groups is 1. The van der Waals surface area contributed by atoms with Gasteiger partial charge in [-0.15, -0.1) is 0 Å². The van der Waals surface area contributed by atoms with Gasteiger partial charge in [-0.2, -0.15) is 0 Å². The third-order valence-electron chi connectivity index (χ3n) is 4.30. The van der Waals surface area contributed by atoms with Crippen LogP contribution < -0.4 is 14.2 Å². The number of hydrogen-bond acceptors (Lipinski definition) is 5. The van der Waals surface area contributed by atoms with E-state index in [2.05, 4.69) is 0 Å². The van der Waals surface area contributed by atoms with E-state index < -0.39 is 5.97 Å². The van der Waals surface area contributed by atoms with Crippen LogP contribution in [0.2, 0.25) is 0 Å². The second-order valence-electron chi connectivity index (χ2n) is 6.10. The smallest absolute Gasteiger partial charge is 0.331 e. The van der Waals surface area contributed by atoms with Crippen LogP contribution in [0, 0.1) is 0 Å². The molecule has 0 fully saturated rings. The maximum atomic E-state index is 12.0. The maximum Gasteiger partial charge on any atom is 0.331 e. The Labute approximate surface area is 156 Å². The molecule has 0 aromatic heterocycles. The number of methoxy groups -OCH3 is 1. The zero-order valence-electron chi connectivity index (χ0n) is 14.8. The van der Waals surface area contributed by atoms with E-state index in [-0.39, 0.29) is 13.4 Å². The van der Waals surface area contributed by atoms with Crippen LogP contribution in [0.3, 0.4) is 0 Å². The van der Waals surface area contributed by atoms with Crippen molar-refractivity contribution < 1.29 is 23.7 Å². The monoisotopic (exact) mass is 362 g/mol. The van der Waals surface area contributed by atoms with Crippen LogP contribution in [0.1, 0.15) is 11.1 Å². The van der Waals surface area contributed by atoms with E-state index in [1.807, 2.05) is 54.6 Å². The molecule has 27 heavy (non-hydrogen) atoms. The van der Waals surface area contributed by atoms with Gasteiger partial charge in [0.25, 0.3) is 0 Å². The average Bonchev–Trinajstić information content (AvgIpc) is 3.18. The summed E-state index contributed by atoms with van der Waals surface area (Å²) in [6.45, 7) is 0.400. The van der Waals surface area contributed by atoms with Crippen molar-refractivity contribution >= 4 is 22.8 Å². The van der Waals surface area contributed by atoms with Crippen molar-refractivity contribution in [1.29, 1.82) is 0 Å². The van der Waals surface area contributed by atoms with Crippen LogP contribution in [0.25, 0.3) is 16.8 Å². The summed E-state index contributed by atoms with van der Waals surface area (Å²) in [5, 5.41) is 2.16. The van der Waals surface area contributed by atoms with Gasteiger partial charge < -0.3 is 18.9 Å². The molecule has 0 aliphatic carbocycles. The predicted octanol–water partition coefficient (Wildman–Crippen LogP) is 4.33. The summed E-state index contributed by atoms with van der Waals surface area (Å²) in [6, 6.07) is 17.3. The predicted molar refractivity (Wildman–Crippen MR) is 102 cm³/mol. The highest BCUT2D eigenvalue weighted by Crippen LogP contribution is 2.32. The Hall–Kier alpha value is -3.47. The lowest BCUT2D eigenvalue weighted by Crippen LogP contribution is -2.00. The van der Waals surface area contributed by atoms with Gasteiger partial charge in [0.05, 0.1) is 7.11 Å². The Bertz CT molecular complexity index is 1020. The summed E-state index contributed by atoms with van der Waals surface area (Å²) >= 11 is 0. The molecule has 5 heteroatoms. The highest BCUT2D eigenvalue weighted by Gasteiger charge is 2.13. The Morgan fingerprint density at radius 1 is 1.00 bits per heavy atom. The molecule has 136 valence electrons. The van der Waals surface area contributed by atoms with Crippen molar-refractivity contribution in [2.75, 3.05) is 13.9 Å². The first-order valence-corrected chi connectivity index (χ1v) is 8.52. The molecule has 0 amide bonds. The number of fused-ring (bicyclic) bond motifs is 2. The summed E-state index contributed by atoms with van der Waals surface area (Å²) in [4.78, 5) is 12.0. The fraction of sp³-hybridized carbons (Fsp3) is 0.136. The Morgan fingerprint density at radius 3 is 2.70 bits per heavy atom. The fourth-order valence-corrected chi connectivity index (χ4v) is 2.87. The topological polar surface area (TPSA) is 54.0 Å². The van der Waals surface area contributed by atoms with E-state index in [0.717, 1.165) is 27.6 Å². The SMILES string of the molecule is COc1ccc2cc(/C=C/C(=O)OCc3ccc4c(c3)OCO4)ccc2c1. The van der Waals surface area contributed by atoms with Gasteiger partial charge in [0.15, 0.2) is 11.5 Å². The normalized spacial score (nSPS) is 12.5. The second-order valence-corrected chi connectivity index (χ2v) is 6.10. The molecule has 1 heterocycles. The third kappa shape index (κ3) is 3.87. The zero-order chi connectivity index (χ0) is 18.6. The quantitative estimate of drug-likeness (QED) is 0.499. The first-order valence-electron chi connectivity index (χ1n) is 8.52. The van der Waals surface area contributed by atoms with Gasteiger partial charge in [-0.05, 0) is 58.3 Å². The molecule has 0 unspecified atom stereocenters. The Balaban J connectivity index is 1.38. The van der Waals surface area contributed by atoms with Crippen molar-refractivity contribution in [1.82, 2.24) is 0 Å². The minimum absolute atomic E-state index is 0.178. The molecule has 0 saturated carbocycles. The number of carbonyl (C=O) groups excluding carboxylic acids is 1. The standard InChI is InChI=1S/C22H18O5/c1-24-19-7-6-17-10-15(2-5-18(17)12-19)4-9-22(23)25-13-16-3-8-20-21(11-16)27-14-26-20/h2-12H,13-14H2,1H3/b9-4+. The lowest BCUT2D eigenvalue weighted by Gasteiger charge is -2.04. The Morgan fingerprint density at radius 2 is 1.81 bits per heavy atom. The molecule has 0 atom stereocenters. The van der Waals surface area contributed by atoms with Gasteiger partial charge in [0.2, 0.25) is 6.79 Å². The van der Waals surface area contributed by atoms with Crippen LogP contribution >= 0.6 is 0 Å². The van der Waals surface area contributed by atoms with Crippen molar-refractivity contribution in [3.63, 3.8) is 0 Å². The second kappa shape index (κ2) is 7.41. The van der Waals surface area contributed by atoms with E-state index in [9.17, 15) is 4.79 Å². The highest BCUT2D eigenvalue weighted by molar-refractivity contribution is 5.90. The van der Waals surface area contributed by atoms with E-state index >= 15 is 0 Å². The lowest BCUT2D eigenvalue weighted by molar-refractivity contribution is -0.138. The van der Waals surface area contributed by atoms with Gasteiger partial charge in [-0.1, -0.05) is 24.3 Å². The van der Waals surface area contributed by atoms with E-state index in [1.165, 1.54) is 6.08 Å². The van der Waals surface area contributed by atoms with Crippen molar-refractivity contribution in [2.45, 2.75) is 6.61 Å². The molecule has 4 rings (SSSR count). The minimum atomic E-state index is -0.400. The molecule has 1 aliphatic rings. The van der Waals surface area contributed by atoms with Gasteiger partial charge in [0.1, 0.15) is 12.4 Å². The van der Waals surface area contributed by atoms with Gasteiger partial charge in [-0.3, -0.25) is 0 Å². The van der Waals surface area contributed by atoms with Gasteiger partial charge in [0, 0.05) is 6.08 Å². The first-order chi connectivity index (χ1) is 13.2. The van der Waals surface area contributed by atoms with Crippen LogP contribution in [0.4, 0.5) is 0 Å². The number of esters is 1.